The minimum absolute atomic E-state index is 0.00357. The lowest BCUT2D eigenvalue weighted by Crippen LogP contribution is -2.48. The van der Waals surface area contributed by atoms with Gasteiger partial charge in [0, 0.05) is 44.4 Å². The number of nitrogens with zero attached hydrogens (tertiary/aromatic N) is 5. The highest BCUT2D eigenvalue weighted by atomic mass is 16.5. The molecule has 1 amide bonds. The lowest BCUT2D eigenvalue weighted by atomic mass is 10.1. The first-order valence-corrected chi connectivity index (χ1v) is 9.99. The van der Waals surface area contributed by atoms with Gasteiger partial charge >= 0.3 is 0 Å². The van der Waals surface area contributed by atoms with Crippen molar-refractivity contribution in [3.05, 3.63) is 35.7 Å². The molecule has 0 N–H and O–H groups in total. The Hall–Kier alpha value is -3.03. The van der Waals surface area contributed by atoms with Gasteiger partial charge in [-0.2, -0.15) is 0 Å². The summed E-state index contributed by atoms with van der Waals surface area (Å²) in [5.41, 5.74) is 0.604. The number of hydrogen-bond donors (Lipinski definition) is 0. The molecule has 29 heavy (non-hydrogen) atoms. The van der Waals surface area contributed by atoms with Crippen molar-refractivity contribution in [2.75, 3.05) is 46.9 Å². The Morgan fingerprint density at radius 3 is 2.59 bits per heavy atom. The molecule has 0 radical (unpaired) electrons. The van der Waals surface area contributed by atoms with E-state index in [0.717, 1.165) is 37.7 Å². The summed E-state index contributed by atoms with van der Waals surface area (Å²) in [6.07, 6.45) is 4.97. The number of carbonyl (C=O) groups excluding carboxylic acids is 1. The van der Waals surface area contributed by atoms with E-state index in [1.807, 2.05) is 11.2 Å². The van der Waals surface area contributed by atoms with Gasteiger partial charge in [0.25, 0.3) is 5.91 Å². The van der Waals surface area contributed by atoms with Crippen LogP contribution in [0.2, 0.25) is 0 Å². The maximum Gasteiger partial charge on any atom is 0.254 e. The van der Waals surface area contributed by atoms with E-state index in [4.69, 9.17) is 14.5 Å². The largest absolute Gasteiger partial charge is 0.493 e. The minimum atomic E-state index is 0.00357. The highest BCUT2D eigenvalue weighted by Gasteiger charge is 2.28. The third kappa shape index (κ3) is 3.79. The Kier molecular flexibility index (Phi) is 5.42. The Morgan fingerprint density at radius 1 is 1.14 bits per heavy atom. The first kappa shape index (κ1) is 19.3. The Balaban J connectivity index is 1.40. The first-order valence-electron chi connectivity index (χ1n) is 9.99. The molecule has 4 rings (SSSR count). The zero-order valence-electron chi connectivity index (χ0n) is 17.2. The van der Waals surface area contributed by atoms with E-state index in [-0.39, 0.29) is 5.91 Å². The van der Waals surface area contributed by atoms with Crippen molar-refractivity contribution >= 4 is 18.1 Å². The summed E-state index contributed by atoms with van der Waals surface area (Å²) in [5, 5.41) is 0. The molecule has 3 aliphatic heterocycles. The van der Waals surface area contributed by atoms with Crippen molar-refractivity contribution in [3.63, 3.8) is 0 Å². The molecule has 0 aromatic heterocycles. The third-order valence-corrected chi connectivity index (χ3v) is 5.60. The van der Waals surface area contributed by atoms with Gasteiger partial charge in [-0.05, 0) is 24.6 Å². The molecular formula is C21H27N5O3. The molecule has 8 nitrogen and oxygen atoms in total. The number of ether oxygens (including phenoxy) is 2. The highest BCUT2D eigenvalue weighted by molar-refractivity contribution is 6.03. The van der Waals surface area contributed by atoms with Crippen LogP contribution in [0, 0.1) is 0 Å². The SMILES string of the molecule is CC[C@@H]1CN2C=NC(N3CCN(C(=O)c4ccc(OC)c(OC)c4)CC3)=CC2=N1. The van der Waals surface area contributed by atoms with Crippen LogP contribution >= 0.6 is 0 Å². The maximum absolute atomic E-state index is 12.9. The number of benzene rings is 1. The molecule has 0 spiro atoms. The van der Waals surface area contributed by atoms with Crippen LogP contribution in [-0.2, 0) is 0 Å². The van der Waals surface area contributed by atoms with Crippen LogP contribution in [0.15, 0.2) is 40.1 Å². The normalized spacial score (nSPS) is 20.9. The van der Waals surface area contributed by atoms with Crippen LogP contribution in [0.3, 0.4) is 0 Å². The molecule has 0 aliphatic carbocycles. The smallest absolute Gasteiger partial charge is 0.254 e. The Bertz CT molecular complexity index is 871. The number of carbonyl (C=O) groups is 1. The van der Waals surface area contributed by atoms with Crippen LogP contribution < -0.4 is 9.47 Å². The average Bonchev–Trinajstić information content (AvgIpc) is 3.20. The van der Waals surface area contributed by atoms with E-state index in [0.29, 0.717) is 36.2 Å². The Morgan fingerprint density at radius 2 is 1.90 bits per heavy atom. The molecule has 1 aromatic rings. The zero-order chi connectivity index (χ0) is 20.4. The van der Waals surface area contributed by atoms with Gasteiger partial charge in [-0.1, -0.05) is 6.92 Å². The zero-order valence-corrected chi connectivity index (χ0v) is 17.2. The molecule has 0 unspecified atom stereocenters. The molecule has 3 aliphatic rings. The standard InChI is InChI=1S/C21H27N5O3/c1-4-16-13-26-14-22-19(12-20(26)23-16)24-7-9-25(10-8-24)21(27)15-5-6-17(28-2)18(11-15)29-3/h5-6,11-12,14,16H,4,7-10,13H2,1-3H3/t16-/m1/s1. The van der Waals surface area contributed by atoms with Gasteiger partial charge in [0.1, 0.15) is 11.7 Å². The molecule has 1 saturated heterocycles. The van der Waals surface area contributed by atoms with Crippen molar-refractivity contribution in [1.82, 2.24) is 14.7 Å². The van der Waals surface area contributed by atoms with Crippen LogP contribution in [0.4, 0.5) is 0 Å². The highest BCUT2D eigenvalue weighted by Crippen LogP contribution is 2.28. The van der Waals surface area contributed by atoms with Crippen molar-refractivity contribution < 1.29 is 14.3 Å². The number of rotatable bonds is 5. The Labute approximate surface area is 171 Å². The van der Waals surface area contributed by atoms with Crippen LogP contribution in [-0.4, -0.2) is 85.8 Å². The summed E-state index contributed by atoms with van der Waals surface area (Å²) in [5.74, 6) is 3.10. The van der Waals surface area contributed by atoms with Crippen molar-refractivity contribution in [3.8, 4) is 11.5 Å². The van der Waals surface area contributed by atoms with Crippen LogP contribution in [0.25, 0.3) is 0 Å². The summed E-state index contributed by atoms with van der Waals surface area (Å²) in [4.78, 5) is 28.5. The number of methoxy groups -OCH3 is 2. The van der Waals surface area contributed by atoms with Gasteiger partial charge in [-0.3, -0.25) is 9.79 Å². The number of amides is 1. The second-order valence-corrected chi connectivity index (χ2v) is 7.30. The number of fused-ring (bicyclic) bond motifs is 1. The molecule has 0 bridgehead atoms. The van der Waals surface area contributed by atoms with Crippen LogP contribution in [0.1, 0.15) is 23.7 Å². The summed E-state index contributed by atoms with van der Waals surface area (Å²) in [6, 6.07) is 5.63. The van der Waals surface area contributed by atoms with E-state index in [1.165, 1.54) is 0 Å². The lowest BCUT2D eigenvalue weighted by molar-refractivity contribution is 0.0668. The average molecular weight is 397 g/mol. The molecule has 1 fully saturated rings. The van der Waals surface area contributed by atoms with Crippen molar-refractivity contribution in [2.24, 2.45) is 9.98 Å². The van der Waals surface area contributed by atoms with Gasteiger partial charge < -0.3 is 24.2 Å². The predicted octanol–water partition coefficient (Wildman–Crippen LogP) is 1.84. The summed E-state index contributed by atoms with van der Waals surface area (Å²) in [7, 11) is 3.15. The fraction of sp³-hybridized carbons (Fsp3) is 0.476. The fourth-order valence-corrected chi connectivity index (χ4v) is 3.81. The van der Waals surface area contributed by atoms with Gasteiger partial charge in [0.15, 0.2) is 11.5 Å². The topological polar surface area (TPSA) is 70.0 Å². The molecule has 154 valence electrons. The minimum Gasteiger partial charge on any atom is -0.493 e. The van der Waals surface area contributed by atoms with E-state index >= 15 is 0 Å². The fourth-order valence-electron chi connectivity index (χ4n) is 3.81. The number of piperazine rings is 1. The predicted molar refractivity (Wildman–Crippen MR) is 112 cm³/mol. The van der Waals surface area contributed by atoms with Gasteiger partial charge in [-0.25, -0.2) is 4.99 Å². The summed E-state index contributed by atoms with van der Waals surface area (Å²) < 4.78 is 10.6. The van der Waals surface area contributed by atoms with E-state index < -0.39 is 0 Å². The second-order valence-electron chi connectivity index (χ2n) is 7.30. The molecule has 1 aromatic carbocycles. The maximum atomic E-state index is 12.9. The lowest BCUT2D eigenvalue weighted by Gasteiger charge is -2.37. The monoisotopic (exact) mass is 397 g/mol. The molecule has 8 heteroatoms. The van der Waals surface area contributed by atoms with Crippen molar-refractivity contribution in [2.45, 2.75) is 19.4 Å². The second kappa shape index (κ2) is 8.14. The molecular weight excluding hydrogens is 370 g/mol. The van der Waals surface area contributed by atoms with Gasteiger partial charge in [0.05, 0.1) is 26.6 Å². The molecule has 1 atom stereocenters. The number of aliphatic imine (C=N–C) groups is 2. The van der Waals surface area contributed by atoms with E-state index in [1.54, 1.807) is 32.4 Å². The summed E-state index contributed by atoms with van der Waals surface area (Å²) >= 11 is 0. The van der Waals surface area contributed by atoms with Crippen LogP contribution in [0.5, 0.6) is 11.5 Å². The number of hydrogen-bond acceptors (Lipinski definition) is 7. The summed E-state index contributed by atoms with van der Waals surface area (Å²) in [6.45, 7) is 5.84. The third-order valence-electron chi connectivity index (χ3n) is 5.60. The first-order chi connectivity index (χ1) is 14.1. The quantitative estimate of drug-likeness (QED) is 0.758. The molecule has 0 saturated carbocycles. The number of amidine groups is 1. The van der Waals surface area contributed by atoms with Gasteiger partial charge in [0.2, 0.25) is 0 Å². The van der Waals surface area contributed by atoms with E-state index in [9.17, 15) is 4.79 Å². The van der Waals surface area contributed by atoms with Gasteiger partial charge in [-0.15, -0.1) is 0 Å². The molecule has 3 heterocycles. The van der Waals surface area contributed by atoms with E-state index in [2.05, 4.69) is 27.8 Å². The van der Waals surface area contributed by atoms with Crippen molar-refractivity contribution in [1.29, 1.82) is 0 Å².